The van der Waals surface area contributed by atoms with Crippen LogP contribution in [0.15, 0.2) is 60.9 Å². The number of H-pyrrole nitrogens is 1. The Morgan fingerprint density at radius 1 is 1.15 bits per heavy atom. The fourth-order valence-corrected chi connectivity index (χ4v) is 3.07. The van der Waals surface area contributed by atoms with Crippen LogP contribution in [0.4, 0.5) is 5.69 Å². The predicted molar refractivity (Wildman–Crippen MR) is 105 cm³/mol. The Labute approximate surface area is 156 Å². The lowest BCUT2D eigenvalue weighted by molar-refractivity contribution is 0.102. The maximum absolute atomic E-state index is 12.5. The van der Waals surface area contributed by atoms with Crippen molar-refractivity contribution in [2.75, 3.05) is 12.4 Å². The fourth-order valence-electron chi connectivity index (χ4n) is 3.07. The Bertz CT molecular complexity index is 1080. The zero-order chi connectivity index (χ0) is 18.6. The molecule has 0 saturated carbocycles. The highest BCUT2D eigenvalue weighted by Crippen LogP contribution is 2.17. The van der Waals surface area contributed by atoms with Gasteiger partial charge in [0.05, 0.1) is 23.9 Å². The Morgan fingerprint density at radius 3 is 2.89 bits per heavy atom. The lowest BCUT2D eigenvalue weighted by atomic mass is 10.1. The van der Waals surface area contributed by atoms with Crippen LogP contribution in [0.1, 0.15) is 21.6 Å². The van der Waals surface area contributed by atoms with Crippen LogP contribution in [0.25, 0.3) is 10.9 Å². The molecule has 2 aromatic heterocycles. The van der Waals surface area contributed by atoms with Gasteiger partial charge in [-0.2, -0.15) is 10.2 Å². The molecule has 0 aliphatic rings. The zero-order valence-corrected chi connectivity index (χ0v) is 14.9. The number of aromatic amines is 1. The molecule has 4 rings (SSSR count). The number of hydrogen-bond acceptors (Lipinski definition) is 4. The van der Waals surface area contributed by atoms with Crippen molar-refractivity contribution in [2.24, 2.45) is 0 Å². The van der Waals surface area contributed by atoms with Crippen LogP contribution in [0.2, 0.25) is 0 Å². The summed E-state index contributed by atoms with van der Waals surface area (Å²) in [7, 11) is 1.93. The highest BCUT2D eigenvalue weighted by atomic mass is 16.2. The molecule has 2 heterocycles. The van der Waals surface area contributed by atoms with Crippen LogP contribution in [0.3, 0.4) is 0 Å². The first-order chi connectivity index (χ1) is 13.2. The summed E-state index contributed by atoms with van der Waals surface area (Å²) in [6.45, 7) is 1.46. The summed E-state index contributed by atoms with van der Waals surface area (Å²) in [6.07, 6.45) is 3.46. The molecule has 136 valence electrons. The maximum atomic E-state index is 12.5. The number of anilines is 1. The molecule has 0 unspecified atom stereocenters. The van der Waals surface area contributed by atoms with Gasteiger partial charge in [-0.1, -0.05) is 42.5 Å². The number of amides is 1. The third-order valence-corrected chi connectivity index (χ3v) is 4.29. The first kappa shape index (κ1) is 17.0. The average molecular weight is 360 g/mol. The van der Waals surface area contributed by atoms with Gasteiger partial charge in [-0.05, 0) is 24.2 Å². The molecular formula is C20H20N6O. The maximum Gasteiger partial charge on any atom is 0.276 e. The Morgan fingerprint density at radius 2 is 2.00 bits per heavy atom. The second-order valence-corrected chi connectivity index (χ2v) is 6.35. The Kier molecular flexibility index (Phi) is 4.67. The molecule has 1 amide bonds. The third-order valence-electron chi connectivity index (χ3n) is 4.29. The van der Waals surface area contributed by atoms with E-state index >= 15 is 0 Å². The molecule has 0 spiro atoms. The minimum atomic E-state index is -0.261. The highest BCUT2D eigenvalue weighted by molar-refractivity contribution is 6.10. The van der Waals surface area contributed by atoms with Gasteiger partial charge < -0.3 is 10.6 Å². The van der Waals surface area contributed by atoms with Crippen molar-refractivity contribution in [3.8, 4) is 0 Å². The van der Waals surface area contributed by atoms with Crippen LogP contribution in [-0.4, -0.2) is 32.9 Å². The standard InChI is InChI=1S/C20H20N6O/c1-21-10-14-5-4-6-15(9-14)12-26-13-16(11-22-26)23-20(27)19-17-7-2-3-8-18(17)24-25-19/h2-9,11,13,21H,10,12H2,1H3,(H,23,27)(H,24,25). The number of hydrogen-bond donors (Lipinski definition) is 3. The lowest BCUT2D eigenvalue weighted by Crippen LogP contribution is -2.12. The summed E-state index contributed by atoms with van der Waals surface area (Å²) in [5.41, 5.74) is 4.22. The second kappa shape index (κ2) is 7.43. The SMILES string of the molecule is CNCc1cccc(Cn2cc(NC(=O)c3n[nH]c4ccccc34)cn2)c1. The summed E-state index contributed by atoms with van der Waals surface area (Å²) in [6, 6.07) is 15.9. The van der Waals surface area contributed by atoms with Crippen molar-refractivity contribution < 1.29 is 4.79 Å². The second-order valence-electron chi connectivity index (χ2n) is 6.35. The zero-order valence-electron chi connectivity index (χ0n) is 14.9. The van der Waals surface area contributed by atoms with Crippen LogP contribution in [0, 0.1) is 0 Å². The molecule has 0 saturated heterocycles. The van der Waals surface area contributed by atoms with E-state index in [4.69, 9.17) is 0 Å². The van der Waals surface area contributed by atoms with Gasteiger partial charge in [-0.3, -0.25) is 14.6 Å². The van der Waals surface area contributed by atoms with Gasteiger partial charge in [-0.15, -0.1) is 0 Å². The molecule has 4 aromatic rings. The minimum Gasteiger partial charge on any atom is -0.318 e. The number of aromatic nitrogens is 4. The monoisotopic (exact) mass is 360 g/mol. The van der Waals surface area contributed by atoms with Gasteiger partial charge in [-0.25, -0.2) is 0 Å². The van der Waals surface area contributed by atoms with Gasteiger partial charge in [0, 0.05) is 18.1 Å². The van der Waals surface area contributed by atoms with Crippen molar-refractivity contribution in [1.29, 1.82) is 0 Å². The topological polar surface area (TPSA) is 87.6 Å². The van der Waals surface area contributed by atoms with Crippen molar-refractivity contribution in [1.82, 2.24) is 25.3 Å². The van der Waals surface area contributed by atoms with E-state index in [0.29, 0.717) is 17.9 Å². The van der Waals surface area contributed by atoms with Gasteiger partial charge in [0.15, 0.2) is 5.69 Å². The molecule has 0 aliphatic carbocycles. The summed E-state index contributed by atoms with van der Waals surface area (Å²) < 4.78 is 1.80. The number of fused-ring (bicyclic) bond motifs is 1. The van der Waals surface area contributed by atoms with Crippen LogP contribution < -0.4 is 10.6 Å². The molecule has 7 heteroatoms. The van der Waals surface area contributed by atoms with Crippen LogP contribution in [-0.2, 0) is 13.1 Å². The number of para-hydroxylation sites is 1. The minimum absolute atomic E-state index is 0.261. The van der Waals surface area contributed by atoms with Crippen molar-refractivity contribution in [3.05, 3.63) is 77.7 Å². The van der Waals surface area contributed by atoms with E-state index in [0.717, 1.165) is 23.0 Å². The number of rotatable bonds is 6. The number of nitrogens with zero attached hydrogens (tertiary/aromatic N) is 3. The number of nitrogens with one attached hydrogen (secondary N) is 3. The molecule has 0 fully saturated rings. The summed E-state index contributed by atoms with van der Waals surface area (Å²) in [5, 5.41) is 18.1. The first-order valence-corrected chi connectivity index (χ1v) is 8.72. The smallest absolute Gasteiger partial charge is 0.276 e. The van der Waals surface area contributed by atoms with E-state index in [9.17, 15) is 4.79 Å². The van der Waals surface area contributed by atoms with Crippen LogP contribution in [0.5, 0.6) is 0 Å². The van der Waals surface area contributed by atoms with E-state index in [2.05, 4.69) is 44.1 Å². The largest absolute Gasteiger partial charge is 0.318 e. The summed E-state index contributed by atoms with van der Waals surface area (Å²) >= 11 is 0. The third kappa shape index (κ3) is 3.73. The molecule has 3 N–H and O–H groups in total. The van der Waals surface area contributed by atoms with Gasteiger partial charge >= 0.3 is 0 Å². The lowest BCUT2D eigenvalue weighted by Gasteiger charge is -2.05. The quantitative estimate of drug-likeness (QED) is 0.493. The Balaban J connectivity index is 1.46. The van der Waals surface area contributed by atoms with Crippen molar-refractivity contribution in [2.45, 2.75) is 13.1 Å². The Hall–Kier alpha value is -3.45. The number of benzene rings is 2. The van der Waals surface area contributed by atoms with Gasteiger partial charge in [0.25, 0.3) is 5.91 Å². The van der Waals surface area contributed by atoms with Crippen molar-refractivity contribution in [3.63, 3.8) is 0 Å². The average Bonchev–Trinajstić information content (AvgIpc) is 3.29. The fraction of sp³-hybridized carbons (Fsp3) is 0.150. The van der Waals surface area contributed by atoms with E-state index in [1.165, 1.54) is 5.56 Å². The molecule has 27 heavy (non-hydrogen) atoms. The summed E-state index contributed by atoms with van der Waals surface area (Å²) in [5.74, 6) is -0.261. The molecule has 7 nitrogen and oxygen atoms in total. The molecular weight excluding hydrogens is 340 g/mol. The molecule has 0 aliphatic heterocycles. The summed E-state index contributed by atoms with van der Waals surface area (Å²) in [4.78, 5) is 12.5. The van der Waals surface area contributed by atoms with Gasteiger partial charge in [0.2, 0.25) is 0 Å². The van der Waals surface area contributed by atoms with Gasteiger partial charge in [0.1, 0.15) is 0 Å². The molecule has 0 radical (unpaired) electrons. The molecule has 2 aromatic carbocycles. The normalized spacial score (nSPS) is 11.0. The van der Waals surface area contributed by atoms with Crippen LogP contribution >= 0.6 is 0 Å². The number of carbonyl (C=O) groups excluding carboxylic acids is 1. The van der Waals surface area contributed by atoms with E-state index in [1.807, 2.05) is 43.6 Å². The molecule has 0 bridgehead atoms. The predicted octanol–water partition coefficient (Wildman–Crippen LogP) is 2.78. The van der Waals surface area contributed by atoms with E-state index < -0.39 is 0 Å². The van der Waals surface area contributed by atoms with Crippen molar-refractivity contribution >= 4 is 22.5 Å². The first-order valence-electron chi connectivity index (χ1n) is 8.72. The van der Waals surface area contributed by atoms with E-state index in [1.54, 1.807) is 10.9 Å². The molecule has 0 atom stereocenters. The highest BCUT2D eigenvalue weighted by Gasteiger charge is 2.14. The van der Waals surface area contributed by atoms with E-state index in [-0.39, 0.29) is 5.91 Å². The number of carbonyl (C=O) groups is 1.